The van der Waals surface area contributed by atoms with Gasteiger partial charge in [0.25, 0.3) is 0 Å². The molecule has 0 rings (SSSR count). The van der Waals surface area contributed by atoms with Gasteiger partial charge in [-0.25, -0.2) is 0 Å². The molecule has 0 heterocycles. The second-order valence-corrected chi connectivity index (χ2v) is 17.5. The third-order valence-electron chi connectivity index (χ3n) is 3.10. The van der Waals surface area contributed by atoms with Crippen LogP contribution in [0.25, 0.3) is 0 Å². The fourth-order valence-corrected chi connectivity index (χ4v) is 8.40. The summed E-state index contributed by atoms with van der Waals surface area (Å²) in [5, 5.41) is 0. The van der Waals surface area contributed by atoms with Gasteiger partial charge in [0, 0.05) is 0 Å². The first-order chi connectivity index (χ1) is 5.89. The topological polar surface area (TPSA) is 0 Å². The van der Waals surface area contributed by atoms with Crippen LogP contribution in [0.3, 0.4) is 0 Å². The van der Waals surface area contributed by atoms with Gasteiger partial charge in [-0.05, 0) is 30.2 Å². The molecule has 13 heavy (non-hydrogen) atoms. The van der Waals surface area contributed by atoms with Crippen molar-refractivity contribution in [1.29, 1.82) is 0 Å². The van der Waals surface area contributed by atoms with E-state index in [1.54, 1.807) is 0 Å². The molecule has 0 saturated heterocycles. The summed E-state index contributed by atoms with van der Waals surface area (Å²) in [5.41, 5.74) is 0. The van der Waals surface area contributed by atoms with Gasteiger partial charge in [0.05, 0.1) is 0 Å². The molecule has 0 aliphatic rings. The maximum Gasteiger partial charge on any atom is 0.155 e. The van der Waals surface area contributed by atoms with Crippen LogP contribution in [0.15, 0.2) is 0 Å². The molecule has 0 N–H and O–H groups in total. The van der Waals surface area contributed by atoms with Gasteiger partial charge in [-0.3, -0.25) is 0 Å². The van der Waals surface area contributed by atoms with Gasteiger partial charge < -0.3 is 0 Å². The first-order valence-electron chi connectivity index (χ1n) is 5.27. The summed E-state index contributed by atoms with van der Waals surface area (Å²) in [7, 11) is -2.80. The largest absolute Gasteiger partial charge is 0.167 e. The summed E-state index contributed by atoms with van der Waals surface area (Å²) in [6.45, 7) is 8.91. The molecule has 0 saturated carbocycles. The van der Waals surface area contributed by atoms with E-state index < -0.39 is 14.8 Å². The Morgan fingerprint density at radius 3 is 1.62 bits per heavy atom. The third-order valence-corrected chi connectivity index (χ3v) is 13.6. The monoisotopic (exact) mass is 256 g/mol. The van der Waals surface area contributed by atoms with Crippen LogP contribution in [0.1, 0.15) is 20.8 Å². The summed E-state index contributed by atoms with van der Waals surface area (Å²) >= 11 is 13.0. The van der Waals surface area contributed by atoms with E-state index in [9.17, 15) is 0 Å². The van der Waals surface area contributed by atoms with E-state index in [0.717, 1.165) is 0 Å². The molecule has 80 valence electrons. The van der Waals surface area contributed by atoms with Gasteiger partial charge in [0.15, 0.2) is 14.8 Å². The Morgan fingerprint density at radius 1 is 0.846 bits per heavy atom. The van der Waals surface area contributed by atoms with Gasteiger partial charge in [-0.15, -0.1) is 0 Å². The standard InChI is InChI=1S/C9H22Cl2Si2/c1-5-12(4,10)8-9-13(11,6-2)7-3/h5-9H2,1-4H3. The van der Waals surface area contributed by atoms with E-state index in [0.29, 0.717) is 0 Å². The van der Waals surface area contributed by atoms with Crippen LogP contribution >= 0.6 is 22.2 Å². The van der Waals surface area contributed by atoms with Gasteiger partial charge >= 0.3 is 0 Å². The molecule has 1 unspecified atom stereocenters. The molecule has 0 aromatic heterocycles. The smallest absolute Gasteiger partial charge is 0.155 e. The van der Waals surface area contributed by atoms with Crippen molar-refractivity contribution >= 4 is 36.9 Å². The third kappa shape index (κ3) is 5.45. The van der Waals surface area contributed by atoms with Crippen molar-refractivity contribution < 1.29 is 0 Å². The number of rotatable bonds is 6. The number of hydrogen-bond donors (Lipinski definition) is 0. The minimum absolute atomic E-state index is 1.17. The summed E-state index contributed by atoms with van der Waals surface area (Å²) in [5.74, 6) is 0. The van der Waals surface area contributed by atoms with Crippen LogP contribution in [0, 0.1) is 0 Å². The average Bonchev–Trinajstić information content (AvgIpc) is 2.14. The Morgan fingerprint density at radius 2 is 1.31 bits per heavy atom. The van der Waals surface area contributed by atoms with Crippen LogP contribution in [-0.2, 0) is 0 Å². The van der Waals surface area contributed by atoms with E-state index >= 15 is 0 Å². The molecule has 1 atom stereocenters. The molecular weight excluding hydrogens is 235 g/mol. The molecule has 0 aliphatic carbocycles. The molecular formula is C9H22Cl2Si2. The van der Waals surface area contributed by atoms with E-state index in [4.69, 9.17) is 22.2 Å². The van der Waals surface area contributed by atoms with Crippen LogP contribution in [-0.4, -0.2) is 14.8 Å². The Bertz CT molecular complexity index is 145. The van der Waals surface area contributed by atoms with Crippen LogP contribution in [0.2, 0.25) is 36.8 Å². The quantitative estimate of drug-likeness (QED) is 0.461. The Balaban J connectivity index is 3.99. The van der Waals surface area contributed by atoms with Gasteiger partial charge in [-0.1, -0.05) is 27.3 Å². The molecule has 0 aromatic carbocycles. The number of hydrogen-bond acceptors (Lipinski definition) is 0. The van der Waals surface area contributed by atoms with E-state index in [1.807, 2.05) is 0 Å². The normalized spacial score (nSPS) is 17.1. The predicted octanol–water partition coefficient (Wildman–Crippen LogP) is 5.04. The maximum atomic E-state index is 6.57. The van der Waals surface area contributed by atoms with Crippen molar-refractivity contribution in [2.45, 2.75) is 57.5 Å². The molecule has 4 heteroatoms. The van der Waals surface area contributed by atoms with Crippen LogP contribution in [0.4, 0.5) is 0 Å². The summed E-state index contributed by atoms with van der Waals surface area (Å²) < 4.78 is 0. The lowest BCUT2D eigenvalue weighted by Crippen LogP contribution is -2.29. The highest BCUT2D eigenvalue weighted by Crippen LogP contribution is 2.32. The summed E-state index contributed by atoms with van der Waals surface area (Å²) in [6.07, 6.45) is 0. The van der Waals surface area contributed by atoms with Crippen molar-refractivity contribution in [3.63, 3.8) is 0 Å². The van der Waals surface area contributed by atoms with E-state index in [1.165, 1.54) is 30.2 Å². The second kappa shape index (κ2) is 5.79. The minimum atomic E-state index is -1.40. The zero-order valence-corrected chi connectivity index (χ0v) is 12.8. The first-order valence-corrected chi connectivity index (χ1v) is 12.8. The van der Waals surface area contributed by atoms with E-state index in [2.05, 4.69) is 27.3 Å². The van der Waals surface area contributed by atoms with Crippen LogP contribution < -0.4 is 0 Å². The fraction of sp³-hybridized carbons (Fsp3) is 1.00. The SMILES string of the molecule is CC[Si](C)(Cl)CC[Si](Cl)(CC)CC. The Labute approximate surface area is 94.4 Å². The average molecular weight is 257 g/mol. The molecule has 0 fully saturated rings. The van der Waals surface area contributed by atoms with Crippen molar-refractivity contribution in [2.75, 3.05) is 0 Å². The molecule has 0 amide bonds. The van der Waals surface area contributed by atoms with Gasteiger partial charge in [-0.2, -0.15) is 22.2 Å². The highest BCUT2D eigenvalue weighted by Gasteiger charge is 2.31. The highest BCUT2D eigenvalue weighted by atomic mass is 35.6. The molecule has 0 bridgehead atoms. The van der Waals surface area contributed by atoms with Crippen molar-refractivity contribution in [2.24, 2.45) is 0 Å². The maximum absolute atomic E-state index is 6.57. The van der Waals surface area contributed by atoms with Crippen molar-refractivity contribution in [1.82, 2.24) is 0 Å². The van der Waals surface area contributed by atoms with E-state index in [-0.39, 0.29) is 0 Å². The molecule has 0 aliphatic heterocycles. The highest BCUT2D eigenvalue weighted by molar-refractivity contribution is 7.23. The summed E-state index contributed by atoms with van der Waals surface area (Å²) in [6, 6.07) is 5.99. The summed E-state index contributed by atoms with van der Waals surface area (Å²) in [4.78, 5) is 0. The molecule has 0 nitrogen and oxygen atoms in total. The molecule has 0 aromatic rings. The van der Waals surface area contributed by atoms with Gasteiger partial charge in [0.2, 0.25) is 0 Å². The first kappa shape index (κ1) is 14.0. The fourth-order valence-electron chi connectivity index (χ4n) is 1.26. The lowest BCUT2D eigenvalue weighted by Gasteiger charge is -2.25. The Kier molecular flexibility index (Phi) is 6.24. The Hall–Kier alpha value is 1.01. The number of halogens is 2. The lowest BCUT2D eigenvalue weighted by atomic mass is 10.9. The van der Waals surface area contributed by atoms with Gasteiger partial charge in [0.1, 0.15) is 0 Å². The minimum Gasteiger partial charge on any atom is -0.167 e. The lowest BCUT2D eigenvalue weighted by molar-refractivity contribution is 1.18. The predicted molar refractivity (Wildman–Crippen MR) is 70.1 cm³/mol. The molecule has 0 radical (unpaired) electrons. The second-order valence-electron chi connectivity index (χ2n) is 4.12. The van der Waals surface area contributed by atoms with Crippen LogP contribution in [0.5, 0.6) is 0 Å². The zero-order chi connectivity index (χ0) is 10.5. The van der Waals surface area contributed by atoms with Crippen molar-refractivity contribution in [3.8, 4) is 0 Å². The zero-order valence-electron chi connectivity index (χ0n) is 9.29. The van der Waals surface area contributed by atoms with Crippen molar-refractivity contribution in [3.05, 3.63) is 0 Å². The molecule has 0 spiro atoms.